The first kappa shape index (κ1) is 19.7. The van der Waals surface area contributed by atoms with Crippen LogP contribution in [-0.4, -0.2) is 0 Å². The number of rotatable bonds is 14. The first-order chi connectivity index (χ1) is 9.60. The molecule has 0 aliphatic heterocycles. The second-order valence-corrected chi connectivity index (χ2v) is 7.21. The predicted octanol–water partition coefficient (Wildman–Crippen LogP) is 7.39. The number of hydrogen-bond acceptors (Lipinski definition) is 0. The van der Waals surface area contributed by atoms with E-state index in [-0.39, 0.29) is 0 Å². The van der Waals surface area contributed by atoms with E-state index >= 15 is 0 Å². The van der Waals surface area contributed by atoms with Gasteiger partial charge in [0, 0.05) is 0 Å². The molecule has 0 saturated carbocycles. The summed E-state index contributed by atoms with van der Waals surface area (Å²) in [5.41, 5.74) is 0. The lowest BCUT2D eigenvalue weighted by molar-refractivity contribution is 0.416. The third-order valence-electron chi connectivity index (χ3n) is 4.52. The van der Waals surface area contributed by atoms with E-state index in [1.54, 1.807) is 0 Å². The van der Waals surface area contributed by atoms with Crippen LogP contribution in [0.5, 0.6) is 0 Å². The normalized spacial score (nSPS) is 14.4. The number of unbranched alkanes of at least 4 members (excludes halogenated alkanes) is 4. The molecule has 0 nitrogen and oxygen atoms in total. The van der Waals surface area contributed by atoms with Gasteiger partial charge in [0.1, 0.15) is 0 Å². The van der Waals surface area contributed by atoms with E-state index in [0.29, 0.717) is 0 Å². The summed E-state index contributed by atoms with van der Waals surface area (Å²) < 4.78 is 0. The molecule has 0 aliphatic rings. The SMILES string of the molecule is C=CC(CCCCCC(C)CCCCC)CCC(C)C. The zero-order valence-electron chi connectivity index (χ0n) is 14.8. The van der Waals surface area contributed by atoms with Crippen molar-refractivity contribution in [2.75, 3.05) is 0 Å². The molecule has 20 heavy (non-hydrogen) atoms. The van der Waals surface area contributed by atoms with Gasteiger partial charge in [0.25, 0.3) is 0 Å². The summed E-state index contributed by atoms with van der Waals surface area (Å²) in [4.78, 5) is 0. The van der Waals surface area contributed by atoms with Gasteiger partial charge in [0.15, 0.2) is 0 Å². The Balaban J connectivity index is 3.46. The van der Waals surface area contributed by atoms with Crippen molar-refractivity contribution in [3.63, 3.8) is 0 Å². The lowest BCUT2D eigenvalue weighted by Gasteiger charge is -2.14. The molecule has 0 saturated heterocycles. The summed E-state index contributed by atoms with van der Waals surface area (Å²) in [5.74, 6) is 2.54. The number of allylic oxidation sites excluding steroid dienone is 1. The van der Waals surface area contributed by atoms with Crippen molar-refractivity contribution in [1.29, 1.82) is 0 Å². The third kappa shape index (κ3) is 12.8. The first-order valence-corrected chi connectivity index (χ1v) is 9.22. The summed E-state index contributed by atoms with van der Waals surface area (Å²) in [5, 5.41) is 0. The summed E-state index contributed by atoms with van der Waals surface area (Å²) >= 11 is 0. The molecule has 0 N–H and O–H groups in total. The molecule has 2 unspecified atom stereocenters. The highest BCUT2D eigenvalue weighted by Gasteiger charge is 2.06. The van der Waals surface area contributed by atoms with Crippen LogP contribution in [0.3, 0.4) is 0 Å². The van der Waals surface area contributed by atoms with Crippen molar-refractivity contribution in [2.45, 2.75) is 98.3 Å². The number of hydrogen-bond donors (Lipinski definition) is 0. The summed E-state index contributed by atoms with van der Waals surface area (Å²) in [6.45, 7) is 13.4. The van der Waals surface area contributed by atoms with Crippen LogP contribution in [0, 0.1) is 17.8 Å². The van der Waals surface area contributed by atoms with E-state index in [1.807, 2.05) is 0 Å². The topological polar surface area (TPSA) is 0 Å². The van der Waals surface area contributed by atoms with Crippen LogP contribution in [0.2, 0.25) is 0 Å². The van der Waals surface area contributed by atoms with Crippen molar-refractivity contribution in [1.82, 2.24) is 0 Å². The summed E-state index contributed by atoms with van der Waals surface area (Å²) in [6.07, 6.45) is 17.6. The Morgan fingerprint density at radius 3 is 1.90 bits per heavy atom. The fraction of sp³-hybridized carbons (Fsp3) is 0.900. The van der Waals surface area contributed by atoms with Crippen LogP contribution < -0.4 is 0 Å². The Morgan fingerprint density at radius 2 is 1.35 bits per heavy atom. The van der Waals surface area contributed by atoms with E-state index in [9.17, 15) is 0 Å². The molecule has 2 atom stereocenters. The highest BCUT2D eigenvalue weighted by atomic mass is 14.1. The van der Waals surface area contributed by atoms with E-state index in [4.69, 9.17) is 0 Å². The quantitative estimate of drug-likeness (QED) is 0.230. The maximum Gasteiger partial charge on any atom is -0.0236 e. The average molecular weight is 281 g/mol. The molecule has 0 heteroatoms. The van der Waals surface area contributed by atoms with Gasteiger partial charge in [-0.25, -0.2) is 0 Å². The van der Waals surface area contributed by atoms with Gasteiger partial charge < -0.3 is 0 Å². The van der Waals surface area contributed by atoms with E-state index < -0.39 is 0 Å². The van der Waals surface area contributed by atoms with Gasteiger partial charge in [-0.2, -0.15) is 0 Å². The minimum Gasteiger partial charge on any atom is -0.103 e. The molecule has 0 aromatic heterocycles. The molecule has 0 heterocycles. The lowest BCUT2D eigenvalue weighted by atomic mass is 9.92. The van der Waals surface area contributed by atoms with Crippen LogP contribution in [-0.2, 0) is 0 Å². The van der Waals surface area contributed by atoms with E-state index in [2.05, 4.69) is 40.3 Å². The van der Waals surface area contributed by atoms with Crippen LogP contribution in [0.4, 0.5) is 0 Å². The second kappa shape index (κ2) is 13.7. The highest BCUT2D eigenvalue weighted by molar-refractivity contribution is 4.79. The molecule has 0 aromatic rings. The van der Waals surface area contributed by atoms with Crippen LogP contribution in [0.1, 0.15) is 98.3 Å². The first-order valence-electron chi connectivity index (χ1n) is 9.22. The lowest BCUT2D eigenvalue weighted by Crippen LogP contribution is -2.00. The van der Waals surface area contributed by atoms with Gasteiger partial charge in [0.2, 0.25) is 0 Å². The van der Waals surface area contributed by atoms with Gasteiger partial charge >= 0.3 is 0 Å². The fourth-order valence-corrected chi connectivity index (χ4v) is 2.89. The maximum absolute atomic E-state index is 4.01. The van der Waals surface area contributed by atoms with Gasteiger partial charge in [-0.3, -0.25) is 0 Å². The fourth-order valence-electron chi connectivity index (χ4n) is 2.89. The third-order valence-corrected chi connectivity index (χ3v) is 4.52. The Hall–Kier alpha value is -0.260. The monoisotopic (exact) mass is 280 g/mol. The summed E-state index contributed by atoms with van der Waals surface area (Å²) in [7, 11) is 0. The van der Waals surface area contributed by atoms with Crippen LogP contribution in [0.25, 0.3) is 0 Å². The largest absolute Gasteiger partial charge is 0.103 e. The van der Waals surface area contributed by atoms with Crippen molar-refractivity contribution in [3.05, 3.63) is 12.7 Å². The Kier molecular flexibility index (Phi) is 13.5. The molecule has 0 bridgehead atoms. The molecule has 120 valence electrons. The van der Waals surface area contributed by atoms with E-state index in [0.717, 1.165) is 17.8 Å². The minimum absolute atomic E-state index is 0.763. The minimum atomic E-state index is 0.763. The Morgan fingerprint density at radius 1 is 0.750 bits per heavy atom. The van der Waals surface area contributed by atoms with Crippen LogP contribution in [0.15, 0.2) is 12.7 Å². The molecular weight excluding hydrogens is 240 g/mol. The van der Waals surface area contributed by atoms with Crippen molar-refractivity contribution in [2.24, 2.45) is 17.8 Å². The standard InChI is InChI=1S/C20H40/c1-6-8-10-13-19(5)14-11-9-12-15-20(7-2)17-16-18(3)4/h7,18-20H,2,6,8-17H2,1,3-5H3. The van der Waals surface area contributed by atoms with Crippen molar-refractivity contribution >= 4 is 0 Å². The highest BCUT2D eigenvalue weighted by Crippen LogP contribution is 2.21. The maximum atomic E-state index is 4.01. The van der Waals surface area contributed by atoms with Crippen molar-refractivity contribution < 1.29 is 0 Å². The Labute approximate surface area is 129 Å². The summed E-state index contributed by atoms with van der Waals surface area (Å²) in [6, 6.07) is 0. The molecular formula is C20H40. The molecule has 0 radical (unpaired) electrons. The smallest absolute Gasteiger partial charge is 0.0236 e. The van der Waals surface area contributed by atoms with Gasteiger partial charge in [-0.05, 0) is 30.6 Å². The van der Waals surface area contributed by atoms with E-state index in [1.165, 1.54) is 70.6 Å². The molecule has 0 rings (SSSR count). The Bertz CT molecular complexity index is 204. The molecule has 0 aliphatic carbocycles. The molecule has 0 aromatic carbocycles. The molecule has 0 spiro atoms. The zero-order chi connectivity index (χ0) is 15.2. The average Bonchev–Trinajstić information content (AvgIpc) is 2.42. The zero-order valence-corrected chi connectivity index (χ0v) is 14.8. The van der Waals surface area contributed by atoms with Gasteiger partial charge in [-0.15, -0.1) is 6.58 Å². The van der Waals surface area contributed by atoms with Crippen LogP contribution >= 0.6 is 0 Å². The van der Waals surface area contributed by atoms with Gasteiger partial charge in [0.05, 0.1) is 0 Å². The van der Waals surface area contributed by atoms with Crippen molar-refractivity contribution in [3.8, 4) is 0 Å². The second-order valence-electron chi connectivity index (χ2n) is 7.21. The molecule has 0 fully saturated rings. The predicted molar refractivity (Wildman–Crippen MR) is 94.2 cm³/mol. The van der Waals surface area contributed by atoms with Gasteiger partial charge in [-0.1, -0.05) is 91.6 Å². The molecule has 0 amide bonds.